The number of thiophene rings is 1. The summed E-state index contributed by atoms with van der Waals surface area (Å²) < 4.78 is 21.8. The predicted molar refractivity (Wildman–Crippen MR) is 138 cm³/mol. The summed E-state index contributed by atoms with van der Waals surface area (Å²) in [7, 11) is 0. The van der Waals surface area contributed by atoms with Gasteiger partial charge in [0, 0.05) is 33.8 Å². The largest absolute Gasteiger partial charge is 0.486 e. The molecule has 0 spiro atoms. The number of hydrogen-bond donors (Lipinski definition) is 1. The van der Waals surface area contributed by atoms with Crippen LogP contribution in [-0.4, -0.2) is 47.1 Å². The van der Waals surface area contributed by atoms with Crippen molar-refractivity contribution in [2.45, 2.75) is 46.0 Å². The highest BCUT2D eigenvalue weighted by Gasteiger charge is 2.72. The first kappa shape index (κ1) is 23.8. The van der Waals surface area contributed by atoms with Gasteiger partial charge in [-0.3, -0.25) is 19.5 Å². The van der Waals surface area contributed by atoms with E-state index in [-0.39, 0.29) is 42.2 Å². The van der Waals surface area contributed by atoms with Crippen LogP contribution in [0.25, 0.3) is 21.3 Å². The number of nitrogens with zero attached hydrogens (tertiary/aromatic N) is 2. The number of amides is 2. The van der Waals surface area contributed by atoms with Crippen molar-refractivity contribution in [3.05, 3.63) is 45.9 Å². The lowest BCUT2D eigenvalue weighted by molar-refractivity contribution is -0.143. The number of ether oxygens (including phenoxy) is 1. The van der Waals surface area contributed by atoms with E-state index in [2.05, 4.69) is 10.3 Å². The second kappa shape index (κ2) is 8.50. The van der Waals surface area contributed by atoms with Crippen molar-refractivity contribution in [3.63, 3.8) is 0 Å². The standard InChI is InChI=1S/C27H27ClFN3O3S/c1-13-8-14(28)9-17(23(13)35-20-5-6-30-11-18(20)29)16-4-7-31-19-10-15(36-24(16)19)12-32-25(33)21-22(26(32)34)27(21,2)3/h4,7-10,18,20-22,30H,5-6,11-12H2,1-3H3/t18-,20+,21?,22?/m1/s1. The molecule has 6 nitrogen and oxygen atoms in total. The lowest BCUT2D eigenvalue weighted by Crippen LogP contribution is -2.44. The zero-order valence-electron chi connectivity index (χ0n) is 20.3. The highest BCUT2D eigenvalue weighted by Crippen LogP contribution is 2.63. The van der Waals surface area contributed by atoms with Crippen molar-refractivity contribution in [1.29, 1.82) is 0 Å². The van der Waals surface area contributed by atoms with Gasteiger partial charge in [0.05, 0.1) is 28.6 Å². The Morgan fingerprint density at radius 2 is 1.97 bits per heavy atom. The molecule has 0 radical (unpaired) electrons. The van der Waals surface area contributed by atoms with Crippen LogP contribution in [-0.2, 0) is 16.1 Å². The van der Waals surface area contributed by atoms with Gasteiger partial charge in [0.1, 0.15) is 18.0 Å². The number of alkyl halides is 1. The second-order valence-corrected chi connectivity index (χ2v) is 12.2. The number of fused-ring (bicyclic) bond motifs is 2. The smallest absolute Gasteiger partial charge is 0.234 e. The molecule has 4 atom stereocenters. The predicted octanol–water partition coefficient (Wildman–Crippen LogP) is 5.14. The summed E-state index contributed by atoms with van der Waals surface area (Å²) in [5.41, 5.74) is 3.03. The maximum atomic E-state index is 14.6. The number of nitrogens with one attached hydrogen (secondary N) is 1. The Labute approximate surface area is 217 Å². The Morgan fingerprint density at radius 1 is 1.22 bits per heavy atom. The van der Waals surface area contributed by atoms with Crippen LogP contribution in [0, 0.1) is 24.2 Å². The summed E-state index contributed by atoms with van der Waals surface area (Å²) in [6.45, 7) is 7.09. The van der Waals surface area contributed by atoms with E-state index >= 15 is 0 Å². The molecule has 188 valence electrons. The molecule has 3 fully saturated rings. The van der Waals surface area contributed by atoms with Gasteiger partial charge in [-0.25, -0.2) is 4.39 Å². The van der Waals surface area contributed by atoms with E-state index in [1.807, 2.05) is 45.0 Å². The van der Waals surface area contributed by atoms with Gasteiger partial charge in [-0.1, -0.05) is 25.4 Å². The van der Waals surface area contributed by atoms with E-state index < -0.39 is 12.3 Å². The zero-order valence-corrected chi connectivity index (χ0v) is 21.9. The number of aromatic nitrogens is 1. The van der Waals surface area contributed by atoms with Crippen LogP contribution in [0.5, 0.6) is 5.75 Å². The van der Waals surface area contributed by atoms with E-state index in [1.165, 1.54) is 16.2 Å². The molecular formula is C27H27ClFN3O3S. The molecule has 2 amide bonds. The second-order valence-electron chi connectivity index (χ2n) is 10.6. The van der Waals surface area contributed by atoms with Gasteiger partial charge in [0.25, 0.3) is 0 Å². The molecular weight excluding hydrogens is 501 g/mol. The van der Waals surface area contributed by atoms with Crippen molar-refractivity contribution in [2.24, 2.45) is 17.3 Å². The SMILES string of the molecule is Cc1cc(Cl)cc(-c2ccnc3cc(CN4C(=O)C5C(C4=O)C5(C)C)sc23)c1O[C@H]1CCNC[C@H]1F. The summed E-state index contributed by atoms with van der Waals surface area (Å²) in [4.78, 5) is 32.5. The molecule has 1 saturated carbocycles. The molecule has 9 heteroatoms. The number of hydrogen-bond acceptors (Lipinski definition) is 6. The average Bonchev–Trinajstić information content (AvgIpc) is 3.08. The van der Waals surface area contributed by atoms with Crippen molar-refractivity contribution < 1.29 is 18.7 Å². The molecule has 36 heavy (non-hydrogen) atoms. The van der Waals surface area contributed by atoms with Crippen LogP contribution < -0.4 is 10.1 Å². The number of likely N-dealkylation sites (tertiary alicyclic amines) is 1. The summed E-state index contributed by atoms with van der Waals surface area (Å²) in [6.07, 6.45) is 0.664. The molecule has 3 aliphatic rings. The third-order valence-electron chi connectivity index (χ3n) is 7.82. The molecule has 1 aliphatic carbocycles. The third kappa shape index (κ3) is 3.73. The van der Waals surface area contributed by atoms with Crippen LogP contribution in [0.15, 0.2) is 30.5 Å². The molecule has 2 unspecified atom stereocenters. The van der Waals surface area contributed by atoms with Crippen LogP contribution >= 0.6 is 22.9 Å². The number of carbonyl (C=O) groups excluding carboxylic acids is 2. The molecule has 4 heterocycles. The number of carbonyl (C=O) groups is 2. The first-order chi connectivity index (χ1) is 17.2. The fourth-order valence-electron chi connectivity index (χ4n) is 5.76. The zero-order chi connectivity index (χ0) is 25.4. The molecule has 1 N–H and O–H groups in total. The van der Waals surface area contributed by atoms with Gasteiger partial charge >= 0.3 is 0 Å². The molecule has 1 aromatic carbocycles. The van der Waals surface area contributed by atoms with Crippen LogP contribution in [0.1, 0.15) is 30.7 Å². The fourth-order valence-corrected chi connectivity index (χ4v) is 7.16. The number of aryl methyl sites for hydroxylation is 1. The number of benzene rings is 1. The van der Waals surface area contributed by atoms with E-state index in [0.717, 1.165) is 31.8 Å². The van der Waals surface area contributed by atoms with Crippen molar-refractivity contribution in [3.8, 4) is 16.9 Å². The number of rotatable bonds is 5. The van der Waals surface area contributed by atoms with E-state index in [0.29, 0.717) is 23.7 Å². The first-order valence-electron chi connectivity index (χ1n) is 12.2. The fraction of sp³-hybridized carbons (Fsp3) is 0.444. The molecule has 2 aromatic heterocycles. The van der Waals surface area contributed by atoms with Crippen molar-refractivity contribution in [1.82, 2.24) is 15.2 Å². The normalized spacial score (nSPS) is 27.0. The topological polar surface area (TPSA) is 71.5 Å². The number of imide groups is 1. The first-order valence-corrected chi connectivity index (χ1v) is 13.4. The summed E-state index contributed by atoms with van der Waals surface area (Å²) in [5, 5.41) is 3.62. The van der Waals surface area contributed by atoms with Gasteiger partial charge in [-0.2, -0.15) is 0 Å². The van der Waals surface area contributed by atoms with Crippen molar-refractivity contribution in [2.75, 3.05) is 13.1 Å². The summed E-state index contributed by atoms with van der Waals surface area (Å²) in [5.74, 6) is 0.0609. The van der Waals surface area contributed by atoms with E-state index in [1.54, 1.807) is 6.20 Å². The van der Waals surface area contributed by atoms with Gasteiger partial charge in [-0.05, 0) is 55.1 Å². The van der Waals surface area contributed by atoms with Gasteiger partial charge in [0.15, 0.2) is 0 Å². The minimum Gasteiger partial charge on any atom is -0.486 e. The molecule has 0 bridgehead atoms. The van der Waals surface area contributed by atoms with Gasteiger partial charge in [-0.15, -0.1) is 11.3 Å². The van der Waals surface area contributed by atoms with E-state index in [4.69, 9.17) is 16.3 Å². The lowest BCUT2D eigenvalue weighted by Gasteiger charge is -2.29. The van der Waals surface area contributed by atoms with Crippen LogP contribution in [0.4, 0.5) is 4.39 Å². The highest BCUT2D eigenvalue weighted by molar-refractivity contribution is 7.19. The van der Waals surface area contributed by atoms with Gasteiger partial charge in [0.2, 0.25) is 11.8 Å². The quantitative estimate of drug-likeness (QED) is 0.465. The van der Waals surface area contributed by atoms with Crippen LogP contribution in [0.3, 0.4) is 0 Å². The van der Waals surface area contributed by atoms with Crippen LogP contribution in [0.2, 0.25) is 5.02 Å². The molecule has 6 rings (SSSR count). The third-order valence-corrected chi connectivity index (χ3v) is 9.18. The Balaban J connectivity index is 1.36. The molecule has 3 aromatic rings. The number of halogens is 2. The molecule has 2 aliphatic heterocycles. The maximum Gasteiger partial charge on any atom is 0.234 e. The number of piperidine rings is 2. The minimum absolute atomic E-state index is 0.0791. The summed E-state index contributed by atoms with van der Waals surface area (Å²) in [6, 6.07) is 7.50. The number of pyridine rings is 1. The minimum atomic E-state index is -1.10. The lowest BCUT2D eigenvalue weighted by atomic mass is 10.0. The Bertz CT molecular complexity index is 1380. The Kier molecular flexibility index (Phi) is 5.63. The Hall–Kier alpha value is -2.55. The average molecular weight is 528 g/mol. The van der Waals surface area contributed by atoms with Gasteiger partial charge < -0.3 is 10.1 Å². The Morgan fingerprint density at radius 3 is 2.69 bits per heavy atom. The summed E-state index contributed by atoms with van der Waals surface area (Å²) >= 11 is 7.95. The van der Waals surface area contributed by atoms with E-state index in [9.17, 15) is 14.0 Å². The monoisotopic (exact) mass is 527 g/mol. The highest BCUT2D eigenvalue weighted by atomic mass is 35.5. The van der Waals surface area contributed by atoms with Crippen molar-refractivity contribution >= 4 is 45.0 Å². The maximum absolute atomic E-state index is 14.6. The molecule has 2 saturated heterocycles.